The third-order valence-electron chi connectivity index (χ3n) is 1.93. The van der Waals surface area contributed by atoms with E-state index < -0.39 is 43.0 Å². The standard InChI is InChI=1S/C9H14F3N3O4/c10-9(11,12)2-1-3-14-8(19)15-5(7(17)18)4-6(13)16/h5H,1-4H2,(H2,13,16)(H,17,18)(H2,14,15,19)/t5-/m1/s1. The highest BCUT2D eigenvalue weighted by Gasteiger charge is 2.26. The minimum Gasteiger partial charge on any atom is -0.480 e. The molecule has 5 N–H and O–H groups in total. The van der Waals surface area contributed by atoms with E-state index in [1.807, 2.05) is 10.6 Å². The van der Waals surface area contributed by atoms with E-state index in [1.54, 1.807) is 0 Å². The van der Waals surface area contributed by atoms with Crippen LogP contribution in [0.4, 0.5) is 18.0 Å². The summed E-state index contributed by atoms with van der Waals surface area (Å²) < 4.78 is 35.3. The van der Waals surface area contributed by atoms with Crippen LogP contribution < -0.4 is 16.4 Å². The Labute approximate surface area is 106 Å². The number of rotatable bonds is 7. The third-order valence-corrected chi connectivity index (χ3v) is 1.93. The van der Waals surface area contributed by atoms with Gasteiger partial charge in [-0.2, -0.15) is 13.2 Å². The van der Waals surface area contributed by atoms with Gasteiger partial charge in [0.15, 0.2) is 0 Å². The van der Waals surface area contributed by atoms with Gasteiger partial charge in [0.25, 0.3) is 0 Å². The van der Waals surface area contributed by atoms with Crippen LogP contribution in [-0.2, 0) is 9.59 Å². The van der Waals surface area contributed by atoms with Crippen LogP contribution in [0.5, 0.6) is 0 Å². The van der Waals surface area contributed by atoms with Crippen molar-refractivity contribution in [2.24, 2.45) is 5.73 Å². The molecule has 0 radical (unpaired) electrons. The summed E-state index contributed by atoms with van der Waals surface area (Å²) in [4.78, 5) is 32.3. The zero-order valence-corrected chi connectivity index (χ0v) is 9.79. The zero-order valence-electron chi connectivity index (χ0n) is 9.79. The Hall–Kier alpha value is -2.00. The Bertz CT molecular complexity index is 346. The van der Waals surface area contributed by atoms with Gasteiger partial charge in [-0.25, -0.2) is 9.59 Å². The van der Waals surface area contributed by atoms with Crippen LogP contribution >= 0.6 is 0 Å². The smallest absolute Gasteiger partial charge is 0.389 e. The molecule has 0 rings (SSSR count). The van der Waals surface area contributed by atoms with Crippen LogP contribution in [-0.4, -0.2) is 41.8 Å². The topological polar surface area (TPSA) is 122 Å². The number of alkyl halides is 3. The van der Waals surface area contributed by atoms with Crippen molar-refractivity contribution in [2.75, 3.05) is 6.54 Å². The fraction of sp³-hybridized carbons (Fsp3) is 0.667. The predicted octanol–water partition coefficient (Wildman–Crippen LogP) is -0.0433. The molecule has 0 saturated heterocycles. The molecule has 3 amide bonds. The molecule has 0 aliphatic rings. The molecule has 0 saturated carbocycles. The second kappa shape index (κ2) is 7.44. The number of hydrogen-bond donors (Lipinski definition) is 4. The minimum atomic E-state index is -4.31. The van der Waals surface area contributed by atoms with E-state index in [0.717, 1.165) is 0 Å². The van der Waals surface area contributed by atoms with E-state index in [1.165, 1.54) is 0 Å². The Morgan fingerprint density at radius 3 is 2.26 bits per heavy atom. The normalized spacial score (nSPS) is 12.6. The van der Waals surface area contributed by atoms with Gasteiger partial charge in [0.05, 0.1) is 6.42 Å². The van der Waals surface area contributed by atoms with Crippen molar-refractivity contribution in [3.05, 3.63) is 0 Å². The Morgan fingerprint density at radius 2 is 1.84 bits per heavy atom. The number of nitrogens with one attached hydrogen (secondary N) is 2. The molecule has 1 atom stereocenters. The lowest BCUT2D eigenvalue weighted by molar-refractivity contribution is -0.140. The monoisotopic (exact) mass is 285 g/mol. The van der Waals surface area contributed by atoms with E-state index in [-0.39, 0.29) is 13.0 Å². The molecule has 0 aromatic rings. The predicted molar refractivity (Wildman–Crippen MR) is 57.1 cm³/mol. The van der Waals surface area contributed by atoms with E-state index in [2.05, 4.69) is 0 Å². The Kier molecular flexibility index (Phi) is 6.66. The lowest BCUT2D eigenvalue weighted by atomic mass is 10.2. The molecule has 0 aliphatic heterocycles. The van der Waals surface area contributed by atoms with E-state index in [0.29, 0.717) is 0 Å². The number of carboxylic acid groups (broad SMARTS) is 1. The summed E-state index contributed by atoms with van der Waals surface area (Å²) >= 11 is 0. The maximum atomic E-state index is 11.8. The van der Waals surface area contributed by atoms with Crippen LogP contribution in [0, 0.1) is 0 Å². The van der Waals surface area contributed by atoms with Crippen LogP contribution in [0.3, 0.4) is 0 Å². The number of halogens is 3. The molecule has 10 heteroatoms. The van der Waals surface area contributed by atoms with Crippen molar-refractivity contribution < 1.29 is 32.7 Å². The molecule has 0 unspecified atom stereocenters. The van der Waals surface area contributed by atoms with Crippen molar-refractivity contribution in [3.8, 4) is 0 Å². The molecule has 0 bridgehead atoms. The van der Waals surface area contributed by atoms with Crippen molar-refractivity contribution in [3.63, 3.8) is 0 Å². The lowest BCUT2D eigenvalue weighted by Crippen LogP contribution is -2.47. The van der Waals surface area contributed by atoms with E-state index >= 15 is 0 Å². The molecule has 7 nitrogen and oxygen atoms in total. The van der Waals surface area contributed by atoms with Crippen LogP contribution in [0.2, 0.25) is 0 Å². The van der Waals surface area contributed by atoms with Gasteiger partial charge in [-0.3, -0.25) is 4.79 Å². The van der Waals surface area contributed by atoms with Gasteiger partial charge in [0.1, 0.15) is 6.04 Å². The SMILES string of the molecule is NC(=O)C[C@@H](NC(=O)NCCCC(F)(F)F)C(=O)O. The quantitative estimate of drug-likeness (QED) is 0.490. The molecule has 19 heavy (non-hydrogen) atoms. The maximum Gasteiger partial charge on any atom is 0.389 e. The van der Waals surface area contributed by atoms with Crippen molar-refractivity contribution in [1.82, 2.24) is 10.6 Å². The van der Waals surface area contributed by atoms with Crippen molar-refractivity contribution in [1.29, 1.82) is 0 Å². The summed E-state index contributed by atoms with van der Waals surface area (Å²) in [5.41, 5.74) is 4.78. The van der Waals surface area contributed by atoms with Crippen LogP contribution in [0.15, 0.2) is 0 Å². The van der Waals surface area contributed by atoms with Gasteiger partial charge in [-0.15, -0.1) is 0 Å². The van der Waals surface area contributed by atoms with Gasteiger partial charge in [0.2, 0.25) is 5.91 Å². The van der Waals surface area contributed by atoms with Crippen LogP contribution in [0.25, 0.3) is 0 Å². The first-order valence-electron chi connectivity index (χ1n) is 5.24. The summed E-state index contributed by atoms with van der Waals surface area (Å²) in [5, 5.41) is 12.6. The number of aliphatic carboxylic acids is 1. The summed E-state index contributed by atoms with van der Waals surface area (Å²) in [5.74, 6) is -2.39. The molecule has 0 fully saturated rings. The lowest BCUT2D eigenvalue weighted by Gasteiger charge is -2.13. The number of carboxylic acids is 1. The number of amides is 3. The van der Waals surface area contributed by atoms with E-state index in [4.69, 9.17) is 10.8 Å². The molecule has 0 aromatic carbocycles. The molecular weight excluding hydrogens is 271 g/mol. The van der Waals surface area contributed by atoms with Gasteiger partial charge < -0.3 is 21.5 Å². The van der Waals surface area contributed by atoms with Gasteiger partial charge in [-0.05, 0) is 6.42 Å². The highest BCUT2D eigenvalue weighted by atomic mass is 19.4. The number of primary amides is 1. The number of urea groups is 1. The highest BCUT2D eigenvalue weighted by molar-refractivity contribution is 5.87. The first-order valence-corrected chi connectivity index (χ1v) is 5.24. The van der Waals surface area contributed by atoms with E-state index in [9.17, 15) is 27.6 Å². The largest absolute Gasteiger partial charge is 0.480 e. The number of carbonyl (C=O) groups is 3. The number of carbonyl (C=O) groups excluding carboxylic acids is 2. The zero-order chi connectivity index (χ0) is 15.1. The number of hydrogen-bond acceptors (Lipinski definition) is 3. The summed E-state index contributed by atoms with van der Waals surface area (Å²) in [6.45, 7) is -0.270. The van der Waals surface area contributed by atoms with Gasteiger partial charge >= 0.3 is 18.2 Å². The second-order valence-corrected chi connectivity index (χ2v) is 3.68. The van der Waals surface area contributed by atoms with Crippen molar-refractivity contribution >= 4 is 17.9 Å². The maximum absolute atomic E-state index is 11.8. The average Bonchev–Trinajstić information content (AvgIpc) is 2.21. The molecular formula is C9H14F3N3O4. The van der Waals surface area contributed by atoms with Crippen LogP contribution in [0.1, 0.15) is 19.3 Å². The van der Waals surface area contributed by atoms with Crippen molar-refractivity contribution in [2.45, 2.75) is 31.5 Å². The second-order valence-electron chi connectivity index (χ2n) is 3.68. The average molecular weight is 285 g/mol. The Morgan fingerprint density at radius 1 is 1.26 bits per heavy atom. The first-order chi connectivity index (χ1) is 8.61. The molecule has 0 aromatic heterocycles. The highest BCUT2D eigenvalue weighted by Crippen LogP contribution is 2.20. The molecule has 0 aliphatic carbocycles. The molecule has 0 heterocycles. The minimum absolute atomic E-state index is 0.270. The fourth-order valence-electron chi connectivity index (χ4n) is 1.10. The Balaban J connectivity index is 4.00. The summed E-state index contributed by atoms with van der Waals surface area (Å²) in [6, 6.07) is -2.49. The summed E-state index contributed by atoms with van der Waals surface area (Å²) in [7, 11) is 0. The van der Waals surface area contributed by atoms with Gasteiger partial charge in [0, 0.05) is 13.0 Å². The molecule has 0 spiro atoms. The third kappa shape index (κ3) is 9.68. The summed E-state index contributed by atoms with van der Waals surface area (Å²) in [6.07, 6.45) is -6.31. The fourth-order valence-corrected chi connectivity index (χ4v) is 1.10. The number of nitrogens with two attached hydrogens (primary N) is 1. The van der Waals surface area contributed by atoms with Gasteiger partial charge in [-0.1, -0.05) is 0 Å². The first kappa shape index (κ1) is 17.0. The molecule has 110 valence electrons.